The predicted octanol–water partition coefficient (Wildman–Crippen LogP) is 4.87. The normalized spacial score (nSPS) is 12.6. The summed E-state index contributed by atoms with van der Waals surface area (Å²) >= 11 is 0. The van der Waals surface area contributed by atoms with Crippen molar-refractivity contribution in [2.45, 2.75) is 70.8 Å². The van der Waals surface area contributed by atoms with E-state index in [-0.39, 0.29) is 11.9 Å². The first-order chi connectivity index (χ1) is 9.22. The summed E-state index contributed by atoms with van der Waals surface area (Å²) in [6, 6.07) is 6.41. The van der Waals surface area contributed by atoms with Crippen LogP contribution >= 0.6 is 0 Å². The molecule has 0 fully saturated rings. The molecule has 1 unspecified atom stereocenters. The van der Waals surface area contributed by atoms with Crippen LogP contribution in [-0.2, 0) is 6.42 Å². The minimum Gasteiger partial charge on any atom is -0.393 e. The second-order valence-electron chi connectivity index (χ2n) is 5.39. The topological polar surface area (TPSA) is 20.2 Å². The zero-order valence-corrected chi connectivity index (χ0v) is 12.1. The van der Waals surface area contributed by atoms with E-state index in [2.05, 4.69) is 6.92 Å². The fourth-order valence-electron chi connectivity index (χ4n) is 2.33. The van der Waals surface area contributed by atoms with Crippen molar-refractivity contribution < 1.29 is 9.50 Å². The standard InChI is InChI=1S/C17H27FO/c1-2-3-4-5-6-7-8-9-17(19)14-15-10-12-16(18)13-11-15/h10-13,17,19H,2-9,14H2,1H3. The van der Waals surface area contributed by atoms with Gasteiger partial charge in [-0.2, -0.15) is 0 Å². The second kappa shape index (κ2) is 9.96. The number of aliphatic hydroxyl groups excluding tert-OH is 1. The Morgan fingerprint density at radius 3 is 2.16 bits per heavy atom. The molecule has 1 atom stereocenters. The van der Waals surface area contributed by atoms with Crippen molar-refractivity contribution in [2.24, 2.45) is 0 Å². The summed E-state index contributed by atoms with van der Waals surface area (Å²) in [7, 11) is 0. The average Bonchev–Trinajstić information content (AvgIpc) is 2.40. The summed E-state index contributed by atoms with van der Waals surface area (Å²) < 4.78 is 12.7. The first kappa shape index (κ1) is 16.2. The Balaban J connectivity index is 2.04. The van der Waals surface area contributed by atoms with Gasteiger partial charge in [0.05, 0.1) is 6.10 Å². The fourth-order valence-corrected chi connectivity index (χ4v) is 2.33. The molecule has 19 heavy (non-hydrogen) atoms. The van der Waals surface area contributed by atoms with E-state index < -0.39 is 0 Å². The van der Waals surface area contributed by atoms with Crippen molar-refractivity contribution in [1.29, 1.82) is 0 Å². The second-order valence-corrected chi connectivity index (χ2v) is 5.39. The number of benzene rings is 1. The summed E-state index contributed by atoms with van der Waals surface area (Å²) in [6.07, 6.45) is 10.1. The van der Waals surface area contributed by atoms with Gasteiger partial charge in [-0.05, 0) is 30.5 Å². The van der Waals surface area contributed by atoms with Crippen molar-refractivity contribution >= 4 is 0 Å². The smallest absolute Gasteiger partial charge is 0.123 e. The Hall–Kier alpha value is -0.890. The maximum absolute atomic E-state index is 12.7. The van der Waals surface area contributed by atoms with Gasteiger partial charge in [-0.15, -0.1) is 0 Å². The SMILES string of the molecule is CCCCCCCCCC(O)Cc1ccc(F)cc1. The molecule has 0 saturated heterocycles. The van der Waals surface area contributed by atoms with Crippen molar-refractivity contribution in [2.75, 3.05) is 0 Å². The van der Waals surface area contributed by atoms with E-state index in [1.54, 1.807) is 12.1 Å². The highest BCUT2D eigenvalue weighted by atomic mass is 19.1. The molecule has 0 aliphatic carbocycles. The van der Waals surface area contributed by atoms with Crippen LogP contribution in [-0.4, -0.2) is 11.2 Å². The van der Waals surface area contributed by atoms with Crippen LogP contribution < -0.4 is 0 Å². The van der Waals surface area contributed by atoms with E-state index in [1.165, 1.54) is 50.7 Å². The minimum absolute atomic E-state index is 0.217. The molecule has 1 aromatic rings. The van der Waals surface area contributed by atoms with Gasteiger partial charge in [0.2, 0.25) is 0 Å². The average molecular weight is 266 g/mol. The third-order valence-electron chi connectivity index (χ3n) is 3.53. The van der Waals surface area contributed by atoms with Gasteiger partial charge in [-0.3, -0.25) is 0 Å². The highest BCUT2D eigenvalue weighted by Crippen LogP contribution is 2.13. The molecule has 0 spiro atoms. The molecule has 1 rings (SSSR count). The molecular weight excluding hydrogens is 239 g/mol. The summed E-state index contributed by atoms with van der Waals surface area (Å²) in [6.45, 7) is 2.23. The molecule has 108 valence electrons. The molecule has 0 aromatic heterocycles. The first-order valence-electron chi connectivity index (χ1n) is 7.65. The lowest BCUT2D eigenvalue weighted by Crippen LogP contribution is -2.10. The van der Waals surface area contributed by atoms with Crippen LogP contribution in [0.5, 0.6) is 0 Å². The zero-order chi connectivity index (χ0) is 13.9. The number of unbranched alkanes of at least 4 members (excludes halogenated alkanes) is 6. The minimum atomic E-state index is -0.291. The van der Waals surface area contributed by atoms with Crippen molar-refractivity contribution in [3.05, 3.63) is 35.6 Å². The molecule has 0 bridgehead atoms. The molecule has 0 aliphatic rings. The largest absolute Gasteiger partial charge is 0.393 e. The van der Waals surface area contributed by atoms with E-state index in [4.69, 9.17) is 0 Å². The summed E-state index contributed by atoms with van der Waals surface area (Å²) in [5.41, 5.74) is 1.01. The summed E-state index contributed by atoms with van der Waals surface area (Å²) in [5, 5.41) is 9.92. The summed E-state index contributed by atoms with van der Waals surface area (Å²) in [4.78, 5) is 0. The Kier molecular flexibility index (Phi) is 8.48. The van der Waals surface area contributed by atoms with Gasteiger partial charge in [0, 0.05) is 0 Å². The molecule has 1 N–H and O–H groups in total. The van der Waals surface area contributed by atoms with E-state index in [9.17, 15) is 9.50 Å². The third-order valence-corrected chi connectivity index (χ3v) is 3.53. The van der Waals surface area contributed by atoms with E-state index in [0.29, 0.717) is 6.42 Å². The molecule has 0 aliphatic heterocycles. The summed E-state index contributed by atoms with van der Waals surface area (Å²) in [5.74, 6) is -0.217. The molecule has 1 nitrogen and oxygen atoms in total. The zero-order valence-electron chi connectivity index (χ0n) is 12.1. The molecule has 0 radical (unpaired) electrons. The molecule has 0 heterocycles. The highest BCUT2D eigenvalue weighted by Gasteiger charge is 2.05. The van der Waals surface area contributed by atoms with E-state index in [0.717, 1.165) is 18.4 Å². The maximum atomic E-state index is 12.7. The van der Waals surface area contributed by atoms with Crippen molar-refractivity contribution in [3.63, 3.8) is 0 Å². The molecule has 0 amide bonds. The van der Waals surface area contributed by atoms with Crippen molar-refractivity contribution in [3.8, 4) is 0 Å². The lowest BCUT2D eigenvalue weighted by atomic mass is 10.0. The Morgan fingerprint density at radius 2 is 1.53 bits per heavy atom. The number of hydrogen-bond donors (Lipinski definition) is 1. The Bertz CT molecular complexity index is 321. The van der Waals surface area contributed by atoms with Gasteiger partial charge in [-0.25, -0.2) is 4.39 Å². The van der Waals surface area contributed by atoms with Gasteiger partial charge in [0.1, 0.15) is 5.82 Å². The van der Waals surface area contributed by atoms with Crippen LogP contribution in [0.2, 0.25) is 0 Å². The number of halogens is 1. The molecule has 2 heteroatoms. The number of hydrogen-bond acceptors (Lipinski definition) is 1. The third kappa shape index (κ3) is 7.99. The Labute approximate surface area is 116 Å². The molecule has 1 aromatic carbocycles. The van der Waals surface area contributed by atoms with Gasteiger partial charge in [0.25, 0.3) is 0 Å². The van der Waals surface area contributed by atoms with Crippen LogP contribution in [0.4, 0.5) is 4.39 Å². The number of rotatable bonds is 10. The monoisotopic (exact) mass is 266 g/mol. The Morgan fingerprint density at radius 1 is 0.947 bits per heavy atom. The highest BCUT2D eigenvalue weighted by molar-refractivity contribution is 5.16. The molecule has 0 saturated carbocycles. The quantitative estimate of drug-likeness (QED) is 0.599. The lowest BCUT2D eigenvalue weighted by molar-refractivity contribution is 0.161. The van der Waals surface area contributed by atoms with Crippen LogP contribution in [0.25, 0.3) is 0 Å². The van der Waals surface area contributed by atoms with Crippen molar-refractivity contribution in [1.82, 2.24) is 0 Å². The van der Waals surface area contributed by atoms with Gasteiger partial charge >= 0.3 is 0 Å². The van der Waals surface area contributed by atoms with Crippen LogP contribution in [0.15, 0.2) is 24.3 Å². The van der Waals surface area contributed by atoms with Crippen LogP contribution in [0.1, 0.15) is 63.9 Å². The maximum Gasteiger partial charge on any atom is 0.123 e. The van der Waals surface area contributed by atoms with E-state index >= 15 is 0 Å². The van der Waals surface area contributed by atoms with Crippen LogP contribution in [0, 0.1) is 5.82 Å². The van der Waals surface area contributed by atoms with E-state index in [1.807, 2.05) is 0 Å². The van der Waals surface area contributed by atoms with Gasteiger partial charge in [-0.1, -0.05) is 64.0 Å². The lowest BCUT2D eigenvalue weighted by Gasteiger charge is -2.10. The van der Waals surface area contributed by atoms with Crippen LogP contribution in [0.3, 0.4) is 0 Å². The van der Waals surface area contributed by atoms with Gasteiger partial charge in [0.15, 0.2) is 0 Å². The fraction of sp³-hybridized carbons (Fsp3) is 0.647. The van der Waals surface area contributed by atoms with Gasteiger partial charge < -0.3 is 5.11 Å². The first-order valence-corrected chi connectivity index (χ1v) is 7.65. The predicted molar refractivity (Wildman–Crippen MR) is 78.7 cm³/mol. The number of aliphatic hydroxyl groups is 1. The molecular formula is C17H27FO.